The number of thioether (sulfide) groups is 1. The summed E-state index contributed by atoms with van der Waals surface area (Å²) >= 11 is 8.41. The summed E-state index contributed by atoms with van der Waals surface area (Å²) < 4.78 is 19.2. The van der Waals surface area contributed by atoms with Gasteiger partial charge >= 0.3 is 0 Å². The van der Waals surface area contributed by atoms with Crippen LogP contribution in [-0.2, 0) is 32.3 Å². The molecule has 0 bridgehead atoms. The first-order valence-corrected chi connectivity index (χ1v) is 18.8. The highest BCUT2D eigenvalue weighted by atomic mass is 35.5. The van der Waals surface area contributed by atoms with Gasteiger partial charge in [0.2, 0.25) is 0 Å². The highest BCUT2D eigenvalue weighted by molar-refractivity contribution is 8.00. The third-order valence-electron chi connectivity index (χ3n) is 9.18. The number of nitrogens with zero attached hydrogens (tertiary/aromatic N) is 6. The number of amidine groups is 1. The smallest absolute Gasteiger partial charge is 0.276 e. The lowest BCUT2D eigenvalue weighted by Gasteiger charge is -2.50. The molecule has 2 fully saturated rings. The summed E-state index contributed by atoms with van der Waals surface area (Å²) in [5.74, 6) is -2.80. The number of amides is 2. The number of β-lactam (4-membered cyclic amide) rings is 1. The van der Waals surface area contributed by atoms with E-state index in [4.69, 9.17) is 27.9 Å². The fourth-order valence-electron chi connectivity index (χ4n) is 6.61. The van der Waals surface area contributed by atoms with Crippen molar-refractivity contribution in [2.24, 2.45) is 15.9 Å². The van der Waals surface area contributed by atoms with Crippen molar-refractivity contribution < 1.29 is 33.3 Å². The number of hydrogen-bond acceptors (Lipinski definition) is 12. The van der Waals surface area contributed by atoms with Gasteiger partial charge in [0.05, 0.1) is 24.3 Å². The number of nitrogens with two attached hydrogens (primary N) is 2. The Labute approximate surface area is 315 Å². The van der Waals surface area contributed by atoms with Crippen molar-refractivity contribution in [3.63, 3.8) is 0 Å². The second-order valence-corrected chi connectivity index (χ2v) is 15.4. The Morgan fingerprint density at radius 3 is 2.83 bits per heavy atom. The van der Waals surface area contributed by atoms with Gasteiger partial charge in [-0.2, -0.15) is 4.57 Å². The number of benzene rings is 1. The predicted octanol–water partition coefficient (Wildman–Crippen LogP) is 0.720. The van der Waals surface area contributed by atoms with Gasteiger partial charge in [-0.25, -0.2) is 9.37 Å². The number of anilines is 1. The summed E-state index contributed by atoms with van der Waals surface area (Å²) in [5.41, 5.74) is 13.6. The summed E-state index contributed by atoms with van der Waals surface area (Å²) in [6, 6.07) is 7.68. The van der Waals surface area contributed by atoms with E-state index in [0.717, 1.165) is 53.1 Å². The standard InChI is InChI=1S/C34H34ClFN10O5S2/c1-51-43-25(24-28(35)53-34(38)42-24)30(47)41-26-31(48)46-27(33(49)50)20(16-52-32(26)46)13-44-9-6-17-7-10-45(23(17)15-44)14-19-5-4-18(11-22(19)36)29(37)40-21-3-2-8-39-12-21/h4-7,9-11,15,21,26,32,39H,2-3,8,12-14,16H2,1H3,(H5-,37,38,40,41,42,47,49,50)/b43-25-/t21?,26-,32-/m1/s1. The number of carboxylic acids is 1. The van der Waals surface area contributed by atoms with Crippen LogP contribution in [0, 0.1) is 5.82 Å². The molecule has 0 spiro atoms. The average Bonchev–Trinajstić information content (AvgIpc) is 3.70. The van der Waals surface area contributed by atoms with Crippen LogP contribution in [0.5, 0.6) is 0 Å². The maximum atomic E-state index is 15.4. The molecule has 6 heterocycles. The number of nitrogen functional groups attached to an aromatic ring is 1. The van der Waals surface area contributed by atoms with Gasteiger partial charge in [0.1, 0.15) is 45.7 Å². The molecule has 3 aliphatic rings. The molecule has 0 saturated carbocycles. The summed E-state index contributed by atoms with van der Waals surface area (Å²) in [7, 11) is 1.23. The van der Waals surface area contributed by atoms with E-state index in [1.165, 1.54) is 24.9 Å². The van der Waals surface area contributed by atoms with Crippen molar-refractivity contribution >= 4 is 80.1 Å². The molecule has 15 nitrogen and oxygen atoms in total. The predicted molar refractivity (Wildman–Crippen MR) is 196 cm³/mol. The lowest BCUT2D eigenvalue weighted by molar-refractivity contribution is -0.687. The third-order valence-corrected chi connectivity index (χ3v) is 11.6. The zero-order valence-electron chi connectivity index (χ0n) is 28.3. The molecule has 2 saturated heterocycles. The van der Waals surface area contributed by atoms with Gasteiger partial charge < -0.3 is 41.4 Å². The van der Waals surface area contributed by atoms with E-state index >= 15 is 4.39 Å². The Hall–Kier alpha value is -5.04. The van der Waals surface area contributed by atoms with Gasteiger partial charge in [-0.1, -0.05) is 40.2 Å². The SMILES string of the molecule is CO/N=C(\C(=O)N[C@@H]1C(=O)N2C(C(=O)[O-])=C(C[n+]3ccc4ccn(Cc5ccc(C(N)=NC6CCCNC6)cc5F)c4c3)CS[C@H]12)c1nc(N)sc1Cl. The van der Waals surface area contributed by atoms with Gasteiger partial charge in [-0.05, 0) is 31.5 Å². The van der Waals surface area contributed by atoms with E-state index in [1.807, 2.05) is 29.1 Å². The number of carbonyl (C=O) groups is 3. The summed E-state index contributed by atoms with van der Waals surface area (Å²) in [5, 5.41) is 22.4. The lowest BCUT2D eigenvalue weighted by Crippen LogP contribution is -2.71. The highest BCUT2D eigenvalue weighted by Gasteiger charge is 2.53. The normalized spacial score (nSPS) is 20.7. The number of carbonyl (C=O) groups excluding carboxylic acids is 3. The Morgan fingerprint density at radius 2 is 2.13 bits per heavy atom. The number of hydrogen-bond donors (Lipinski definition) is 4. The molecule has 0 aliphatic carbocycles. The van der Waals surface area contributed by atoms with E-state index < -0.39 is 35.0 Å². The van der Waals surface area contributed by atoms with Crippen LogP contribution in [0.25, 0.3) is 10.9 Å². The number of thiazole rings is 1. The van der Waals surface area contributed by atoms with Crippen molar-refractivity contribution in [2.75, 3.05) is 31.7 Å². The first-order chi connectivity index (χ1) is 25.5. The molecular weight excluding hydrogens is 747 g/mol. The number of pyridine rings is 1. The number of oxime groups is 1. The molecule has 1 unspecified atom stereocenters. The minimum atomic E-state index is -1.51. The number of piperidine rings is 1. The maximum Gasteiger partial charge on any atom is 0.276 e. The Bertz CT molecular complexity index is 2220. The Kier molecular flexibility index (Phi) is 10.4. The first kappa shape index (κ1) is 36.3. The Balaban J connectivity index is 1.07. The van der Waals surface area contributed by atoms with Crippen LogP contribution in [0.2, 0.25) is 4.34 Å². The number of rotatable bonds is 11. The number of halogens is 2. The van der Waals surface area contributed by atoms with Gasteiger partial charge in [0, 0.05) is 46.6 Å². The van der Waals surface area contributed by atoms with E-state index in [2.05, 4.69) is 25.8 Å². The average molecular weight is 781 g/mol. The van der Waals surface area contributed by atoms with Crippen LogP contribution in [0.15, 0.2) is 70.3 Å². The summed E-state index contributed by atoms with van der Waals surface area (Å²) in [4.78, 5) is 53.5. The molecule has 4 aromatic rings. The molecule has 2 amide bonds. The quantitative estimate of drug-likeness (QED) is 0.0551. The monoisotopic (exact) mass is 780 g/mol. The minimum absolute atomic E-state index is 0.00688. The van der Waals surface area contributed by atoms with Crippen LogP contribution in [0.4, 0.5) is 9.52 Å². The van der Waals surface area contributed by atoms with Gasteiger partial charge in [0.25, 0.3) is 11.8 Å². The lowest BCUT2D eigenvalue weighted by atomic mass is 10.0. The number of aliphatic carboxylic acids is 1. The van der Waals surface area contributed by atoms with Crippen LogP contribution in [-0.4, -0.2) is 87.2 Å². The zero-order chi connectivity index (χ0) is 37.4. The molecule has 3 aromatic heterocycles. The molecule has 19 heteroatoms. The van der Waals surface area contributed by atoms with Crippen molar-refractivity contribution in [1.82, 2.24) is 25.1 Å². The number of aliphatic imine (C=N–C) groups is 1. The van der Waals surface area contributed by atoms with E-state index in [0.29, 0.717) is 22.5 Å². The van der Waals surface area contributed by atoms with Crippen molar-refractivity contribution in [2.45, 2.75) is 43.4 Å². The molecule has 3 aliphatic heterocycles. The summed E-state index contributed by atoms with van der Waals surface area (Å²) in [6.07, 6.45) is 7.45. The van der Waals surface area contributed by atoms with E-state index in [9.17, 15) is 19.5 Å². The highest BCUT2D eigenvalue weighted by Crippen LogP contribution is 2.40. The fourth-order valence-corrected chi connectivity index (χ4v) is 8.87. The number of aromatic nitrogens is 3. The maximum absolute atomic E-state index is 15.4. The second-order valence-electron chi connectivity index (χ2n) is 12.6. The third kappa shape index (κ3) is 7.31. The number of fused-ring (bicyclic) bond motifs is 2. The molecule has 0 radical (unpaired) electrons. The minimum Gasteiger partial charge on any atom is -0.543 e. The molecule has 1 aromatic carbocycles. The fraction of sp³-hybridized carbons (Fsp3) is 0.324. The molecule has 3 atom stereocenters. The number of carboxylic acid groups (broad SMARTS) is 1. The van der Waals surface area contributed by atoms with Crippen molar-refractivity contribution in [3.05, 3.63) is 87.2 Å². The van der Waals surface area contributed by atoms with Gasteiger partial charge in [0.15, 0.2) is 29.8 Å². The van der Waals surface area contributed by atoms with Crippen LogP contribution < -0.4 is 31.8 Å². The van der Waals surface area contributed by atoms with Crippen LogP contribution >= 0.6 is 34.7 Å². The molecule has 53 heavy (non-hydrogen) atoms. The second kappa shape index (κ2) is 15.1. The first-order valence-electron chi connectivity index (χ1n) is 16.5. The zero-order valence-corrected chi connectivity index (χ0v) is 30.6. The number of nitrogens with one attached hydrogen (secondary N) is 2. The summed E-state index contributed by atoms with van der Waals surface area (Å²) in [6.45, 7) is 2.08. The Morgan fingerprint density at radius 1 is 1.30 bits per heavy atom. The topological polar surface area (TPSA) is 209 Å². The van der Waals surface area contributed by atoms with Gasteiger partial charge in [-0.3, -0.25) is 19.5 Å². The molecule has 6 N–H and O–H groups in total. The van der Waals surface area contributed by atoms with E-state index in [-0.39, 0.29) is 51.5 Å². The van der Waals surface area contributed by atoms with Crippen molar-refractivity contribution in [3.8, 4) is 0 Å². The van der Waals surface area contributed by atoms with Crippen LogP contribution in [0.3, 0.4) is 0 Å². The molecule has 276 valence electrons. The largest absolute Gasteiger partial charge is 0.543 e. The molecular formula is C34H34ClFN10O5S2. The van der Waals surface area contributed by atoms with E-state index in [1.54, 1.807) is 22.9 Å². The van der Waals surface area contributed by atoms with Crippen LogP contribution in [0.1, 0.15) is 29.7 Å². The van der Waals surface area contributed by atoms with Crippen molar-refractivity contribution in [1.29, 1.82) is 0 Å². The molecule has 7 rings (SSSR count). The van der Waals surface area contributed by atoms with Gasteiger partial charge in [-0.15, -0.1) is 11.8 Å².